The Morgan fingerprint density at radius 3 is 2.68 bits per heavy atom. The van der Waals surface area contributed by atoms with Gasteiger partial charge in [-0.05, 0) is 90.4 Å². The highest BCUT2D eigenvalue weighted by atomic mass is 16.3. The fourth-order valence-corrected chi connectivity index (χ4v) is 9.73. The summed E-state index contributed by atoms with van der Waals surface area (Å²) in [4.78, 5) is 13.3. The lowest BCUT2D eigenvalue weighted by Gasteiger charge is -2.61. The lowest BCUT2D eigenvalue weighted by molar-refractivity contribution is -0.158. The molecule has 0 spiro atoms. The summed E-state index contributed by atoms with van der Waals surface area (Å²) in [5.41, 5.74) is 3.40. The summed E-state index contributed by atoms with van der Waals surface area (Å²) >= 11 is 0. The van der Waals surface area contributed by atoms with Crippen LogP contribution in [-0.4, -0.2) is 26.8 Å². The summed E-state index contributed by atoms with van der Waals surface area (Å²) in [6, 6.07) is 4.12. The molecule has 37 heavy (non-hydrogen) atoms. The highest BCUT2D eigenvalue weighted by Gasteiger charge is 2.68. The molecule has 5 heteroatoms. The number of rotatable bonds is 5. The molecule has 0 saturated heterocycles. The van der Waals surface area contributed by atoms with E-state index < -0.39 is 0 Å². The van der Waals surface area contributed by atoms with Crippen LogP contribution in [-0.2, 0) is 24.2 Å². The third kappa shape index (κ3) is 3.31. The molecular formula is C32H44N2O3. The molecule has 200 valence electrons. The number of aryl methyl sites for hydroxylation is 1. The van der Waals surface area contributed by atoms with Crippen molar-refractivity contribution in [3.05, 3.63) is 46.7 Å². The van der Waals surface area contributed by atoms with E-state index in [0.717, 1.165) is 50.0 Å². The quantitative estimate of drug-likeness (QED) is 0.507. The van der Waals surface area contributed by atoms with Crippen LogP contribution in [0.1, 0.15) is 96.4 Å². The van der Waals surface area contributed by atoms with Gasteiger partial charge in [-0.25, -0.2) is 0 Å². The largest absolute Gasteiger partial charge is 0.464 e. The Hall–Kier alpha value is -2.14. The van der Waals surface area contributed by atoms with E-state index >= 15 is 0 Å². The summed E-state index contributed by atoms with van der Waals surface area (Å²) in [6.07, 6.45) is 10.5. The number of aromatic nitrogens is 2. The first-order chi connectivity index (χ1) is 17.6. The van der Waals surface area contributed by atoms with Gasteiger partial charge in [0.15, 0.2) is 0 Å². The van der Waals surface area contributed by atoms with Gasteiger partial charge in [0.25, 0.3) is 0 Å². The minimum atomic E-state index is -0.388. The standard InChI is InChI=1S/C32H44N2O3/c1-7-22-10-11-23(37-22)18-34-26-14-21-9-12-24-25-13-19(3)32(6,28(36)8-2)31(25,5)16-27(35)29(24)30(21,4)15-20(26)17-33-34/h10-11,14,17,19,24-25,27,29,35H,7-9,12-13,15-16,18H2,1-6H3/t19-,24+,25+,27+,29-,30+,31+,32?/m1/s1. The zero-order valence-electron chi connectivity index (χ0n) is 23.5. The predicted molar refractivity (Wildman–Crippen MR) is 145 cm³/mol. The molecule has 0 radical (unpaired) electrons. The molecule has 2 aromatic rings. The smallest absolute Gasteiger partial charge is 0.139 e. The molecule has 0 amide bonds. The lowest BCUT2D eigenvalue weighted by Crippen LogP contribution is -2.59. The molecule has 4 aliphatic rings. The second-order valence-electron chi connectivity index (χ2n) is 13.3. The molecule has 0 aromatic carbocycles. The van der Waals surface area contributed by atoms with E-state index in [1.54, 1.807) is 0 Å². The number of nitrogens with zero attached hydrogens (tertiary/aromatic N) is 2. The fourth-order valence-electron chi connectivity index (χ4n) is 9.73. The van der Waals surface area contributed by atoms with Crippen molar-refractivity contribution >= 4 is 11.9 Å². The van der Waals surface area contributed by atoms with Crippen molar-refractivity contribution in [3.63, 3.8) is 0 Å². The Morgan fingerprint density at radius 2 is 1.97 bits per heavy atom. The molecule has 4 aliphatic carbocycles. The van der Waals surface area contributed by atoms with Crippen LogP contribution < -0.4 is 0 Å². The zero-order valence-corrected chi connectivity index (χ0v) is 23.5. The van der Waals surface area contributed by atoms with Gasteiger partial charge in [-0.2, -0.15) is 5.10 Å². The van der Waals surface area contributed by atoms with Gasteiger partial charge in [0, 0.05) is 18.3 Å². The van der Waals surface area contributed by atoms with Crippen molar-refractivity contribution in [2.24, 2.45) is 39.9 Å². The number of hydrogen-bond acceptors (Lipinski definition) is 4. The first-order valence-electron chi connectivity index (χ1n) is 14.6. The van der Waals surface area contributed by atoms with Crippen molar-refractivity contribution in [1.29, 1.82) is 0 Å². The highest BCUT2D eigenvalue weighted by molar-refractivity contribution is 5.86. The van der Waals surface area contributed by atoms with Gasteiger partial charge in [0.1, 0.15) is 17.3 Å². The monoisotopic (exact) mass is 504 g/mol. The second kappa shape index (κ2) is 8.43. The fraction of sp³-hybridized carbons (Fsp3) is 0.688. The Morgan fingerprint density at radius 1 is 1.22 bits per heavy atom. The van der Waals surface area contributed by atoms with Crippen LogP contribution >= 0.6 is 0 Å². The van der Waals surface area contributed by atoms with Crippen LogP contribution in [0.5, 0.6) is 0 Å². The van der Waals surface area contributed by atoms with E-state index in [-0.39, 0.29) is 28.3 Å². The zero-order chi connectivity index (χ0) is 26.3. The molecule has 3 fully saturated rings. The number of Topliss-reactive ketones (excluding diaryl/α,β-unsaturated/α-hetero) is 1. The summed E-state index contributed by atoms with van der Waals surface area (Å²) in [5.74, 6) is 3.87. The number of hydrogen-bond donors (Lipinski definition) is 1. The molecule has 0 bridgehead atoms. The Bertz CT molecular complexity index is 1250. The molecule has 2 heterocycles. The highest BCUT2D eigenvalue weighted by Crippen LogP contribution is 2.71. The lowest BCUT2D eigenvalue weighted by atomic mass is 9.44. The average Bonchev–Trinajstić information content (AvgIpc) is 3.54. The van der Waals surface area contributed by atoms with E-state index in [9.17, 15) is 9.90 Å². The van der Waals surface area contributed by atoms with Gasteiger partial charge in [-0.1, -0.05) is 47.1 Å². The minimum absolute atomic E-state index is 0.0679. The Kier molecular flexibility index (Phi) is 5.73. The molecule has 6 rings (SSSR count). The van der Waals surface area contributed by atoms with Crippen molar-refractivity contribution in [2.45, 2.75) is 99.1 Å². The molecule has 2 aromatic heterocycles. The minimum Gasteiger partial charge on any atom is -0.464 e. The van der Waals surface area contributed by atoms with Gasteiger partial charge >= 0.3 is 0 Å². The van der Waals surface area contributed by atoms with Gasteiger partial charge in [0.05, 0.1) is 24.5 Å². The summed E-state index contributed by atoms with van der Waals surface area (Å²) < 4.78 is 8.05. The molecule has 8 atom stereocenters. The van der Waals surface area contributed by atoms with Crippen molar-refractivity contribution in [3.8, 4) is 0 Å². The summed E-state index contributed by atoms with van der Waals surface area (Å²) in [7, 11) is 0. The third-order valence-corrected chi connectivity index (χ3v) is 11.9. The average molecular weight is 505 g/mol. The summed E-state index contributed by atoms with van der Waals surface area (Å²) in [5, 5.41) is 16.7. The number of carbonyl (C=O) groups is 1. The van der Waals surface area contributed by atoms with Crippen molar-refractivity contribution in [2.75, 3.05) is 0 Å². The Balaban J connectivity index is 1.33. The predicted octanol–water partition coefficient (Wildman–Crippen LogP) is 6.47. The van der Waals surface area contributed by atoms with Crippen molar-refractivity contribution < 1.29 is 14.3 Å². The number of aliphatic hydroxyl groups excluding tert-OH is 1. The maximum atomic E-state index is 13.3. The van der Waals surface area contributed by atoms with E-state index in [4.69, 9.17) is 9.52 Å². The van der Waals surface area contributed by atoms with Crippen LogP contribution in [0.25, 0.3) is 6.08 Å². The maximum absolute atomic E-state index is 13.3. The van der Waals surface area contributed by atoms with Gasteiger partial charge < -0.3 is 9.52 Å². The van der Waals surface area contributed by atoms with Gasteiger partial charge in [-0.15, -0.1) is 0 Å². The van der Waals surface area contributed by atoms with Crippen LogP contribution in [0, 0.1) is 39.9 Å². The van der Waals surface area contributed by atoms with E-state index in [2.05, 4.69) is 57.5 Å². The number of furan rings is 1. The topological polar surface area (TPSA) is 68.3 Å². The van der Waals surface area contributed by atoms with Gasteiger partial charge in [-0.3, -0.25) is 9.48 Å². The summed E-state index contributed by atoms with van der Waals surface area (Å²) in [6.45, 7) is 14.0. The number of fused-ring (bicyclic) bond motifs is 6. The molecule has 1 N–H and O–H groups in total. The van der Waals surface area contributed by atoms with Crippen LogP contribution in [0.15, 0.2) is 28.3 Å². The number of aliphatic hydroxyl groups is 1. The van der Waals surface area contributed by atoms with E-state index in [0.29, 0.717) is 36.5 Å². The number of ketones is 1. The first kappa shape index (κ1) is 25.2. The van der Waals surface area contributed by atoms with E-state index in [1.165, 1.54) is 16.8 Å². The number of carbonyl (C=O) groups excluding carboxylic acids is 1. The van der Waals surface area contributed by atoms with Crippen LogP contribution in [0.3, 0.4) is 0 Å². The SMILES string of the molecule is CCC(=O)C1(C)[C@H](C)C[C@H]2[C@@H]3CCC4=Cc5c(cnn5Cc5ccc(CC)o5)C[C@]4(C)[C@H]3[C@@H](O)C[C@@]21C. The molecular weight excluding hydrogens is 460 g/mol. The molecule has 0 aliphatic heterocycles. The van der Waals surface area contributed by atoms with Crippen LogP contribution in [0.4, 0.5) is 0 Å². The normalized spacial score (nSPS) is 40.4. The first-order valence-corrected chi connectivity index (χ1v) is 14.6. The van der Waals surface area contributed by atoms with Gasteiger partial charge in [0.2, 0.25) is 0 Å². The second-order valence-corrected chi connectivity index (χ2v) is 13.3. The van der Waals surface area contributed by atoms with E-state index in [1.807, 2.05) is 13.1 Å². The molecule has 3 saturated carbocycles. The Labute approximate surface area is 221 Å². The maximum Gasteiger partial charge on any atom is 0.139 e. The molecule has 5 nitrogen and oxygen atoms in total. The third-order valence-electron chi connectivity index (χ3n) is 11.9. The van der Waals surface area contributed by atoms with Crippen LogP contribution in [0.2, 0.25) is 0 Å². The molecule has 1 unspecified atom stereocenters. The van der Waals surface area contributed by atoms with Crippen molar-refractivity contribution in [1.82, 2.24) is 9.78 Å². The number of allylic oxidation sites excluding steroid dienone is 1.